The molecule has 1 amide bonds. The molecule has 0 bridgehead atoms. The lowest BCUT2D eigenvalue weighted by atomic mass is 10.1. The number of fused-ring (bicyclic) bond motifs is 2. The number of rotatable bonds is 7. The molecule has 0 fully saturated rings. The number of alkyl halides is 2. The van der Waals surface area contributed by atoms with Crippen molar-refractivity contribution in [1.29, 1.82) is 10.9 Å². The minimum absolute atomic E-state index is 0.0330. The number of nitrogens with zero attached hydrogens (tertiary/aromatic N) is 7. The van der Waals surface area contributed by atoms with Gasteiger partial charge in [-0.1, -0.05) is 4.48 Å². The molecule has 1 aromatic carbocycles. The van der Waals surface area contributed by atoms with Gasteiger partial charge in [-0.15, -0.1) is 16.9 Å². The summed E-state index contributed by atoms with van der Waals surface area (Å²) in [6.45, 7) is -3.36. The van der Waals surface area contributed by atoms with Crippen molar-refractivity contribution in [3.05, 3.63) is 48.5 Å². The Kier molecular flexibility index (Phi) is 6.47. The number of nitrogens with one attached hydrogen (secondary N) is 3. The Balaban J connectivity index is 1.61. The molecule has 0 saturated carbocycles. The number of hydrogen-bond acceptors (Lipinski definition) is 9. The first-order valence-electron chi connectivity index (χ1n) is 10.7. The Hall–Kier alpha value is -4.47. The fraction of sp³-hybridized carbons (Fsp3) is 0.190. The van der Waals surface area contributed by atoms with E-state index < -0.39 is 12.5 Å². The van der Waals surface area contributed by atoms with Gasteiger partial charge in [0.2, 0.25) is 0 Å². The fourth-order valence-electron chi connectivity index (χ4n) is 3.75. The van der Waals surface area contributed by atoms with E-state index in [0.29, 0.717) is 21.4 Å². The highest BCUT2D eigenvalue weighted by Gasteiger charge is 2.26. The molecule has 0 atom stereocenters. The lowest BCUT2D eigenvalue weighted by Gasteiger charge is -2.24. The van der Waals surface area contributed by atoms with E-state index in [0.717, 1.165) is 6.07 Å². The van der Waals surface area contributed by atoms with Crippen molar-refractivity contribution < 1.29 is 22.8 Å². The van der Waals surface area contributed by atoms with Crippen molar-refractivity contribution in [3.63, 3.8) is 0 Å². The second-order valence-electron chi connectivity index (χ2n) is 7.68. The number of aromatic nitrogens is 5. The normalized spacial score (nSPS) is 13.0. The maximum absolute atomic E-state index is 14.4. The van der Waals surface area contributed by atoms with E-state index in [2.05, 4.69) is 25.6 Å². The van der Waals surface area contributed by atoms with Gasteiger partial charge in [0.25, 0.3) is 5.91 Å². The third kappa shape index (κ3) is 4.82. The zero-order valence-electron chi connectivity index (χ0n) is 18.7. The first-order valence-corrected chi connectivity index (χ1v) is 11.6. The molecule has 1 aliphatic rings. The molecule has 0 unspecified atom stereocenters. The van der Waals surface area contributed by atoms with Gasteiger partial charge in [0.15, 0.2) is 11.5 Å². The van der Waals surface area contributed by atoms with Gasteiger partial charge in [-0.2, -0.15) is 19.0 Å². The Labute approximate surface area is 210 Å². The van der Waals surface area contributed by atoms with Gasteiger partial charge in [0, 0.05) is 40.9 Å². The first-order chi connectivity index (χ1) is 17.8. The van der Waals surface area contributed by atoms with Gasteiger partial charge in [0.1, 0.15) is 23.6 Å². The van der Waals surface area contributed by atoms with Gasteiger partial charge in [-0.05, 0) is 12.1 Å². The van der Waals surface area contributed by atoms with Crippen LogP contribution in [0.15, 0.2) is 53.0 Å². The minimum atomic E-state index is -3.21. The zero-order chi connectivity index (χ0) is 26.1. The maximum Gasteiger partial charge on any atom is 0.387 e. The number of carbonyl (C=O) groups is 1. The second kappa shape index (κ2) is 9.88. The van der Waals surface area contributed by atoms with Crippen molar-refractivity contribution in [2.45, 2.75) is 18.1 Å². The van der Waals surface area contributed by atoms with Gasteiger partial charge in [0.05, 0.1) is 24.1 Å². The summed E-state index contributed by atoms with van der Waals surface area (Å²) in [7, 11) is 0. The number of carbonyl (C=O) groups excluding carboxylic acids is 1. The molecular formula is C21H17F3N10O2S. The highest BCUT2D eigenvalue weighted by atomic mass is 32.2. The van der Waals surface area contributed by atoms with Gasteiger partial charge >= 0.3 is 6.61 Å². The summed E-state index contributed by atoms with van der Waals surface area (Å²) in [5, 5.41) is 22.3. The van der Waals surface area contributed by atoms with E-state index in [1.54, 1.807) is 12.3 Å². The van der Waals surface area contributed by atoms with E-state index in [1.807, 2.05) is 0 Å². The number of hydrogen-bond donors (Lipinski definition) is 3. The summed E-state index contributed by atoms with van der Waals surface area (Å²) >= 11 is 1.33. The molecule has 4 aromatic rings. The van der Waals surface area contributed by atoms with Crippen LogP contribution in [-0.2, 0) is 6.54 Å². The average Bonchev–Trinajstić information content (AvgIpc) is 3.48. The monoisotopic (exact) mass is 530 g/mol. The highest BCUT2D eigenvalue weighted by molar-refractivity contribution is 7.99. The fourth-order valence-corrected chi connectivity index (χ4v) is 4.73. The molecule has 0 aliphatic carbocycles. The van der Waals surface area contributed by atoms with Crippen LogP contribution in [0.2, 0.25) is 0 Å². The number of ether oxygens (including phenoxy) is 1. The van der Waals surface area contributed by atoms with Crippen molar-refractivity contribution in [2.75, 3.05) is 22.7 Å². The molecule has 190 valence electrons. The lowest BCUT2D eigenvalue weighted by Crippen LogP contribution is -2.20. The summed E-state index contributed by atoms with van der Waals surface area (Å²) in [5.41, 5.74) is 7.74. The van der Waals surface area contributed by atoms with E-state index in [-0.39, 0.29) is 52.9 Å². The van der Waals surface area contributed by atoms with Crippen LogP contribution in [-0.4, -0.2) is 55.0 Å². The van der Waals surface area contributed by atoms with Crippen molar-refractivity contribution in [3.8, 4) is 17.0 Å². The van der Waals surface area contributed by atoms with Gasteiger partial charge in [-0.3, -0.25) is 14.9 Å². The number of halogens is 3. The molecule has 3 aromatic heterocycles. The number of amides is 1. The summed E-state index contributed by atoms with van der Waals surface area (Å²) < 4.78 is 48.3. The molecule has 0 radical (unpaired) electrons. The topological polar surface area (TPSA) is 150 Å². The molecule has 37 heavy (non-hydrogen) atoms. The molecular weight excluding hydrogens is 513 g/mol. The van der Waals surface area contributed by atoms with E-state index in [4.69, 9.17) is 15.7 Å². The van der Waals surface area contributed by atoms with E-state index in [1.165, 1.54) is 45.6 Å². The molecule has 0 spiro atoms. The summed E-state index contributed by atoms with van der Waals surface area (Å²) in [6, 6.07) is 4.26. The Bertz CT molecular complexity index is 1520. The Morgan fingerprint density at radius 2 is 2.19 bits per heavy atom. The molecule has 3 N–H and O–H groups in total. The molecule has 5 rings (SSSR count). The van der Waals surface area contributed by atoms with Crippen LogP contribution in [0.1, 0.15) is 10.4 Å². The lowest BCUT2D eigenvalue weighted by molar-refractivity contribution is -0.0494. The van der Waals surface area contributed by atoms with Gasteiger partial charge in [-0.25, -0.2) is 20.2 Å². The predicted octanol–water partition coefficient (Wildman–Crippen LogP) is 4.25. The van der Waals surface area contributed by atoms with Crippen LogP contribution < -0.4 is 15.2 Å². The van der Waals surface area contributed by atoms with E-state index in [9.17, 15) is 18.1 Å². The smallest absolute Gasteiger partial charge is 0.387 e. The molecule has 12 nitrogen and oxygen atoms in total. The molecule has 4 heterocycles. The zero-order valence-corrected chi connectivity index (χ0v) is 19.5. The van der Waals surface area contributed by atoms with E-state index >= 15 is 0 Å². The molecule has 16 heteroatoms. The number of thioether (sulfide) groups is 1. The standard InChI is InChI=1S/C21H17F3N10O2S/c22-21(23)36-15-7-14-16(37-5-4-33(14)24)6-11(15)18-13(9-32(31-18)10-17(25)30-26)29-20(35)12-8-28-34-3-1-2-27-19(12)34/h1-3,6-9,21,25-26H,4-5,10H2,(H,29,35). The predicted molar refractivity (Wildman–Crippen MR) is 127 cm³/mol. The highest BCUT2D eigenvalue weighted by Crippen LogP contribution is 2.45. The van der Waals surface area contributed by atoms with Crippen molar-refractivity contribution in [2.24, 2.45) is 5.11 Å². The Morgan fingerprint density at radius 1 is 1.35 bits per heavy atom. The summed E-state index contributed by atoms with van der Waals surface area (Å²) in [5.74, 6) is -0.859. The average molecular weight is 530 g/mol. The van der Waals surface area contributed by atoms with Crippen LogP contribution in [0, 0.1) is 10.9 Å². The quantitative estimate of drug-likeness (QED) is 0.140. The molecule has 1 aliphatic heterocycles. The van der Waals surface area contributed by atoms with Crippen LogP contribution in [0.3, 0.4) is 0 Å². The number of benzene rings is 1. The molecule has 0 saturated heterocycles. The van der Waals surface area contributed by atoms with Crippen LogP contribution in [0.25, 0.3) is 16.9 Å². The summed E-state index contributed by atoms with van der Waals surface area (Å²) in [4.78, 5) is 17.8. The van der Waals surface area contributed by atoms with Gasteiger partial charge < -0.3 is 10.1 Å². The van der Waals surface area contributed by atoms with Crippen LogP contribution >= 0.6 is 11.8 Å². The first kappa shape index (κ1) is 24.2. The van der Waals surface area contributed by atoms with Crippen LogP contribution in [0.4, 0.5) is 24.6 Å². The SMILES string of the molecule is N=NC(=N)Cn1cc(NC(=O)c2cnn3cccnc23)c(-c2cc3c(cc2OC(F)F)N(F)CCS3)n1. The summed E-state index contributed by atoms with van der Waals surface area (Å²) in [6.07, 6.45) is 5.81. The Morgan fingerprint density at radius 3 is 2.97 bits per heavy atom. The number of amidine groups is 1. The minimum Gasteiger partial charge on any atom is -0.434 e. The van der Waals surface area contributed by atoms with Crippen molar-refractivity contribution >= 4 is 40.5 Å². The maximum atomic E-state index is 14.4. The third-order valence-corrected chi connectivity index (χ3v) is 6.34. The third-order valence-electron chi connectivity index (χ3n) is 5.32. The van der Waals surface area contributed by atoms with Crippen LogP contribution in [0.5, 0.6) is 5.75 Å². The largest absolute Gasteiger partial charge is 0.434 e. The van der Waals surface area contributed by atoms with Crippen molar-refractivity contribution in [1.82, 2.24) is 24.4 Å². The number of anilines is 2. The second-order valence-corrected chi connectivity index (χ2v) is 8.81.